The summed E-state index contributed by atoms with van der Waals surface area (Å²) in [5.41, 5.74) is 1.94. The molecule has 0 aliphatic carbocycles. The summed E-state index contributed by atoms with van der Waals surface area (Å²) in [4.78, 5) is 18.4. The minimum Gasteiger partial charge on any atom is -0.378 e. The molecule has 1 aromatic rings. The van der Waals surface area contributed by atoms with Crippen molar-refractivity contribution < 1.29 is 9.53 Å². The third-order valence-corrected chi connectivity index (χ3v) is 4.77. The van der Waals surface area contributed by atoms with Crippen molar-refractivity contribution in [1.82, 2.24) is 15.1 Å². The maximum atomic E-state index is 12.3. The number of hydrogen-bond acceptors (Lipinski definition) is 5. The zero-order valence-electron chi connectivity index (χ0n) is 16.5. The third kappa shape index (κ3) is 7.70. The van der Waals surface area contributed by atoms with Crippen LogP contribution in [0.25, 0.3) is 0 Å². The molecule has 0 atom stereocenters. The predicted octanol–water partition coefficient (Wildman–Crippen LogP) is 1.22. The molecule has 2 rings (SSSR count). The molecule has 150 valence electrons. The Labute approximate surface area is 167 Å². The van der Waals surface area contributed by atoms with E-state index in [0.29, 0.717) is 5.11 Å². The van der Waals surface area contributed by atoms with Crippen molar-refractivity contribution in [3.63, 3.8) is 0 Å². The molecule has 1 amide bonds. The molecule has 0 bridgehead atoms. The second kappa shape index (κ2) is 11.1. The number of nitrogens with one attached hydrogen (secondary N) is 2. The van der Waals surface area contributed by atoms with Crippen molar-refractivity contribution in [3.05, 3.63) is 24.3 Å². The monoisotopic (exact) mass is 393 g/mol. The fourth-order valence-corrected chi connectivity index (χ4v) is 2.96. The van der Waals surface area contributed by atoms with E-state index in [1.165, 1.54) is 0 Å². The standard InChI is InChI=1S/C19H31N5O2S/c1-22(2)10-4-9-20-19(27)23(3)15-18(25)21-16-5-7-17(8-6-16)24-11-13-26-14-12-24/h5-8H,4,9-15H2,1-3H3,(H,20,27)(H,21,25). The van der Waals surface area contributed by atoms with Crippen LogP contribution in [0.1, 0.15) is 6.42 Å². The van der Waals surface area contributed by atoms with Crippen molar-refractivity contribution in [2.45, 2.75) is 6.42 Å². The van der Waals surface area contributed by atoms with E-state index in [9.17, 15) is 4.79 Å². The van der Waals surface area contributed by atoms with Crippen LogP contribution in [0, 0.1) is 0 Å². The van der Waals surface area contributed by atoms with Crippen molar-refractivity contribution in [2.24, 2.45) is 0 Å². The van der Waals surface area contributed by atoms with E-state index >= 15 is 0 Å². The minimum atomic E-state index is -0.0888. The van der Waals surface area contributed by atoms with E-state index in [0.717, 1.165) is 57.2 Å². The van der Waals surface area contributed by atoms with Gasteiger partial charge in [0.05, 0.1) is 19.8 Å². The van der Waals surface area contributed by atoms with Gasteiger partial charge in [-0.25, -0.2) is 0 Å². The van der Waals surface area contributed by atoms with Crippen molar-refractivity contribution in [1.29, 1.82) is 0 Å². The topological polar surface area (TPSA) is 60.1 Å². The highest BCUT2D eigenvalue weighted by Gasteiger charge is 2.12. The zero-order valence-corrected chi connectivity index (χ0v) is 17.3. The Balaban J connectivity index is 1.73. The van der Waals surface area contributed by atoms with Gasteiger partial charge in [0.2, 0.25) is 5.91 Å². The van der Waals surface area contributed by atoms with Gasteiger partial charge in [0, 0.05) is 38.1 Å². The van der Waals surface area contributed by atoms with Gasteiger partial charge in [0.15, 0.2) is 5.11 Å². The van der Waals surface area contributed by atoms with Gasteiger partial charge in [-0.3, -0.25) is 4.79 Å². The quantitative estimate of drug-likeness (QED) is 0.509. The first kappa shape index (κ1) is 21.4. The molecule has 7 nitrogen and oxygen atoms in total. The Kier molecular flexibility index (Phi) is 8.77. The first-order valence-corrected chi connectivity index (χ1v) is 9.73. The molecule has 1 heterocycles. The van der Waals surface area contributed by atoms with Crippen LogP contribution in [0.5, 0.6) is 0 Å². The van der Waals surface area contributed by atoms with Crippen molar-refractivity contribution in [3.8, 4) is 0 Å². The Morgan fingerprint density at radius 1 is 1.19 bits per heavy atom. The summed E-state index contributed by atoms with van der Waals surface area (Å²) in [6.07, 6.45) is 1.00. The van der Waals surface area contributed by atoms with E-state index in [4.69, 9.17) is 17.0 Å². The number of morpholine rings is 1. The normalized spacial score (nSPS) is 14.1. The number of anilines is 2. The first-order valence-electron chi connectivity index (χ1n) is 9.32. The van der Waals surface area contributed by atoms with E-state index in [1.807, 2.05) is 45.4 Å². The van der Waals surface area contributed by atoms with Crippen LogP contribution in [-0.2, 0) is 9.53 Å². The molecular weight excluding hydrogens is 362 g/mol. The van der Waals surface area contributed by atoms with Crippen LogP contribution in [0.3, 0.4) is 0 Å². The molecule has 1 saturated heterocycles. The van der Waals surface area contributed by atoms with Gasteiger partial charge in [0.1, 0.15) is 0 Å². The van der Waals surface area contributed by atoms with Gasteiger partial charge in [-0.2, -0.15) is 0 Å². The van der Waals surface area contributed by atoms with Gasteiger partial charge < -0.3 is 30.1 Å². The van der Waals surface area contributed by atoms with E-state index in [1.54, 1.807) is 4.90 Å². The smallest absolute Gasteiger partial charge is 0.243 e. The third-order valence-electron chi connectivity index (χ3n) is 4.31. The number of likely N-dealkylation sites (N-methyl/N-ethyl adjacent to an activating group) is 1. The lowest BCUT2D eigenvalue weighted by atomic mass is 10.2. The summed E-state index contributed by atoms with van der Waals surface area (Å²) >= 11 is 5.33. The number of benzene rings is 1. The van der Waals surface area contributed by atoms with Crippen LogP contribution < -0.4 is 15.5 Å². The number of carbonyl (C=O) groups is 1. The zero-order chi connectivity index (χ0) is 19.6. The average Bonchev–Trinajstić information content (AvgIpc) is 2.66. The van der Waals surface area contributed by atoms with Crippen LogP contribution in [0.2, 0.25) is 0 Å². The average molecular weight is 394 g/mol. The molecule has 1 aliphatic rings. The molecule has 0 spiro atoms. The SMILES string of the molecule is CN(C)CCCNC(=S)N(C)CC(=O)Nc1ccc(N2CCOCC2)cc1. The highest BCUT2D eigenvalue weighted by atomic mass is 32.1. The fourth-order valence-electron chi connectivity index (χ4n) is 2.79. The van der Waals surface area contributed by atoms with Gasteiger partial charge >= 0.3 is 0 Å². The van der Waals surface area contributed by atoms with Crippen molar-refractivity contribution in [2.75, 3.05) is 77.3 Å². The number of ether oxygens (including phenoxy) is 1. The van der Waals surface area contributed by atoms with Crippen LogP contribution in [-0.4, -0.2) is 87.9 Å². The van der Waals surface area contributed by atoms with E-state index in [2.05, 4.69) is 20.4 Å². The molecule has 0 aromatic heterocycles. The number of hydrogen-bond donors (Lipinski definition) is 2. The largest absolute Gasteiger partial charge is 0.378 e. The summed E-state index contributed by atoms with van der Waals surface area (Å²) in [5, 5.41) is 6.70. The molecule has 1 aromatic carbocycles. The molecule has 0 radical (unpaired) electrons. The predicted molar refractivity (Wildman–Crippen MR) is 115 cm³/mol. The number of rotatable bonds is 8. The van der Waals surface area contributed by atoms with Gasteiger partial charge in [-0.15, -0.1) is 0 Å². The molecule has 8 heteroatoms. The molecule has 1 aliphatic heterocycles. The minimum absolute atomic E-state index is 0.0888. The lowest BCUT2D eigenvalue weighted by Crippen LogP contribution is -2.42. The highest BCUT2D eigenvalue weighted by Crippen LogP contribution is 2.19. The summed E-state index contributed by atoms with van der Waals surface area (Å²) in [5.74, 6) is -0.0888. The van der Waals surface area contributed by atoms with Gasteiger partial charge in [0.25, 0.3) is 0 Å². The molecule has 1 fully saturated rings. The van der Waals surface area contributed by atoms with Crippen LogP contribution >= 0.6 is 12.2 Å². The Hall–Kier alpha value is -1.90. The number of amides is 1. The second-order valence-corrected chi connectivity index (χ2v) is 7.33. The maximum absolute atomic E-state index is 12.3. The first-order chi connectivity index (χ1) is 13.0. The van der Waals surface area contributed by atoms with E-state index in [-0.39, 0.29) is 12.5 Å². The number of carbonyl (C=O) groups excluding carboxylic acids is 1. The maximum Gasteiger partial charge on any atom is 0.243 e. The number of nitrogens with zero attached hydrogens (tertiary/aromatic N) is 3. The summed E-state index contributed by atoms with van der Waals surface area (Å²) in [6.45, 7) is 5.32. The van der Waals surface area contributed by atoms with E-state index < -0.39 is 0 Å². The van der Waals surface area contributed by atoms with Gasteiger partial charge in [-0.1, -0.05) is 0 Å². The molecular formula is C19H31N5O2S. The van der Waals surface area contributed by atoms with Crippen molar-refractivity contribution >= 4 is 34.6 Å². The Bertz CT molecular complexity index is 603. The lowest BCUT2D eigenvalue weighted by Gasteiger charge is -2.29. The highest BCUT2D eigenvalue weighted by molar-refractivity contribution is 7.80. The second-order valence-electron chi connectivity index (χ2n) is 6.94. The molecule has 0 saturated carbocycles. The number of thiocarbonyl (C=S) groups is 1. The molecule has 0 unspecified atom stereocenters. The Morgan fingerprint density at radius 3 is 2.48 bits per heavy atom. The van der Waals surface area contributed by atoms with Gasteiger partial charge in [-0.05, 0) is 63.5 Å². The summed E-state index contributed by atoms with van der Waals surface area (Å²) < 4.78 is 5.37. The summed E-state index contributed by atoms with van der Waals surface area (Å²) in [6, 6.07) is 7.92. The fraction of sp³-hybridized carbons (Fsp3) is 0.579. The molecule has 2 N–H and O–H groups in total. The lowest BCUT2D eigenvalue weighted by molar-refractivity contribution is -0.116. The van der Waals surface area contributed by atoms with Crippen LogP contribution in [0.4, 0.5) is 11.4 Å². The Morgan fingerprint density at radius 2 is 1.85 bits per heavy atom. The molecule has 27 heavy (non-hydrogen) atoms. The summed E-state index contributed by atoms with van der Waals surface area (Å²) in [7, 11) is 5.91. The van der Waals surface area contributed by atoms with Crippen LogP contribution in [0.15, 0.2) is 24.3 Å².